The van der Waals surface area contributed by atoms with E-state index in [1.54, 1.807) is 0 Å². The summed E-state index contributed by atoms with van der Waals surface area (Å²) >= 11 is 0. The fourth-order valence-electron chi connectivity index (χ4n) is 3.70. The van der Waals surface area contributed by atoms with E-state index in [0.717, 1.165) is 6.42 Å². The van der Waals surface area contributed by atoms with Crippen molar-refractivity contribution in [2.45, 2.75) is 18.8 Å². The molecule has 34 heavy (non-hydrogen) atoms. The maximum Gasteiger partial charge on any atom is 0.307 e. The molecule has 176 valence electrons. The Balaban J connectivity index is 1.69. The number of rotatable bonds is 11. The van der Waals surface area contributed by atoms with Gasteiger partial charge in [0.1, 0.15) is 5.69 Å². The van der Waals surface area contributed by atoms with Gasteiger partial charge in [0.25, 0.3) is 11.6 Å². The predicted molar refractivity (Wildman–Crippen MR) is 130 cm³/mol. The third kappa shape index (κ3) is 6.65. The number of nitro groups is 1. The zero-order valence-corrected chi connectivity index (χ0v) is 18.9. The number of nitrogens with one attached hydrogen (secondary N) is 2. The minimum atomic E-state index is -0.514. The van der Waals surface area contributed by atoms with Gasteiger partial charge in [0.2, 0.25) is 0 Å². The highest BCUT2D eigenvalue weighted by Crippen LogP contribution is 2.30. The zero-order chi connectivity index (χ0) is 24.3. The average molecular weight is 462 g/mol. The Bertz CT molecular complexity index is 1080. The molecule has 0 spiro atoms. The van der Waals surface area contributed by atoms with E-state index in [1.165, 1.54) is 36.4 Å². The van der Waals surface area contributed by atoms with Crippen LogP contribution in [-0.2, 0) is 9.53 Å². The molecule has 0 saturated heterocycles. The van der Waals surface area contributed by atoms with Crippen molar-refractivity contribution in [1.29, 1.82) is 0 Å². The van der Waals surface area contributed by atoms with Gasteiger partial charge in [0, 0.05) is 30.6 Å². The van der Waals surface area contributed by atoms with Gasteiger partial charge in [-0.05, 0) is 29.7 Å². The fourth-order valence-corrected chi connectivity index (χ4v) is 3.70. The molecule has 0 unspecified atom stereocenters. The maximum atomic E-state index is 12.3. The van der Waals surface area contributed by atoms with Crippen LogP contribution in [0.15, 0.2) is 78.9 Å². The number of ether oxygens (including phenoxy) is 1. The van der Waals surface area contributed by atoms with Crippen molar-refractivity contribution in [3.8, 4) is 0 Å². The number of nitro benzene ring substituents is 1. The molecule has 0 atom stereocenters. The number of anilines is 1. The molecule has 2 N–H and O–H groups in total. The fraction of sp³-hybridized carbons (Fsp3) is 0.231. The number of esters is 1. The summed E-state index contributed by atoms with van der Waals surface area (Å²) in [4.78, 5) is 34.6. The highest BCUT2D eigenvalue weighted by molar-refractivity contribution is 5.95. The smallest absolute Gasteiger partial charge is 0.307 e. The summed E-state index contributed by atoms with van der Waals surface area (Å²) in [7, 11) is 1.27. The van der Waals surface area contributed by atoms with Crippen LogP contribution < -0.4 is 10.6 Å². The highest BCUT2D eigenvalue weighted by atomic mass is 16.6. The minimum Gasteiger partial charge on any atom is -0.469 e. The van der Waals surface area contributed by atoms with E-state index < -0.39 is 16.8 Å². The molecule has 0 bridgehead atoms. The van der Waals surface area contributed by atoms with Crippen LogP contribution in [0, 0.1) is 10.1 Å². The Morgan fingerprint density at radius 3 is 2.12 bits per heavy atom. The second-order valence-electron chi connectivity index (χ2n) is 7.66. The number of methoxy groups -OCH3 is 1. The van der Waals surface area contributed by atoms with Crippen LogP contribution >= 0.6 is 0 Å². The molecule has 0 saturated carbocycles. The lowest BCUT2D eigenvalue weighted by Crippen LogP contribution is -2.26. The van der Waals surface area contributed by atoms with Gasteiger partial charge in [-0.15, -0.1) is 0 Å². The predicted octanol–water partition coefficient (Wildman–Crippen LogP) is 4.52. The SMILES string of the molecule is COC(=O)CCNC(=O)c1ccc(NCCC(c2ccccc2)c2ccccc2)c([N+](=O)[O-])c1. The van der Waals surface area contributed by atoms with Gasteiger partial charge in [-0.2, -0.15) is 0 Å². The Labute approximate surface area is 198 Å². The van der Waals surface area contributed by atoms with Crippen molar-refractivity contribution in [3.05, 3.63) is 106 Å². The summed E-state index contributed by atoms with van der Waals surface area (Å²) in [5.74, 6) is -0.810. The molecule has 3 rings (SSSR count). The third-order valence-electron chi connectivity index (χ3n) is 5.45. The molecule has 8 heteroatoms. The van der Waals surface area contributed by atoms with Crippen molar-refractivity contribution in [3.63, 3.8) is 0 Å². The van der Waals surface area contributed by atoms with E-state index in [9.17, 15) is 19.7 Å². The number of nitrogens with zero attached hydrogens (tertiary/aromatic N) is 1. The zero-order valence-electron chi connectivity index (χ0n) is 18.9. The van der Waals surface area contributed by atoms with Crippen molar-refractivity contribution in [2.75, 3.05) is 25.5 Å². The van der Waals surface area contributed by atoms with Crippen molar-refractivity contribution in [1.82, 2.24) is 5.32 Å². The van der Waals surface area contributed by atoms with E-state index in [0.29, 0.717) is 12.2 Å². The van der Waals surface area contributed by atoms with Gasteiger partial charge in [-0.25, -0.2) is 0 Å². The molecule has 3 aromatic rings. The summed E-state index contributed by atoms with van der Waals surface area (Å²) in [6, 6.07) is 24.5. The number of hydrogen-bond acceptors (Lipinski definition) is 6. The Morgan fingerprint density at radius 1 is 0.941 bits per heavy atom. The molecule has 0 aliphatic carbocycles. The summed E-state index contributed by atoms with van der Waals surface area (Å²) < 4.78 is 4.53. The van der Waals surface area contributed by atoms with Gasteiger partial charge in [-0.1, -0.05) is 60.7 Å². The maximum absolute atomic E-state index is 12.3. The normalized spacial score (nSPS) is 10.5. The summed E-state index contributed by atoms with van der Waals surface area (Å²) in [6.07, 6.45) is 0.745. The number of carbonyl (C=O) groups excluding carboxylic acids is 2. The first-order chi connectivity index (χ1) is 16.5. The van der Waals surface area contributed by atoms with Gasteiger partial charge >= 0.3 is 5.97 Å². The van der Waals surface area contributed by atoms with Gasteiger partial charge in [0.15, 0.2) is 0 Å². The first-order valence-electron chi connectivity index (χ1n) is 11.0. The molecule has 8 nitrogen and oxygen atoms in total. The molecule has 0 radical (unpaired) electrons. The van der Waals surface area contributed by atoms with Crippen LogP contribution in [0.2, 0.25) is 0 Å². The quantitative estimate of drug-likeness (QED) is 0.247. The minimum absolute atomic E-state index is 0.0218. The molecular formula is C26H27N3O5. The van der Waals surface area contributed by atoms with E-state index >= 15 is 0 Å². The highest BCUT2D eigenvalue weighted by Gasteiger charge is 2.19. The molecule has 1 amide bonds. The Morgan fingerprint density at radius 2 is 1.56 bits per heavy atom. The van der Waals surface area contributed by atoms with Crippen molar-refractivity contribution >= 4 is 23.3 Å². The lowest BCUT2D eigenvalue weighted by Gasteiger charge is -2.19. The van der Waals surface area contributed by atoms with Gasteiger partial charge in [0.05, 0.1) is 18.5 Å². The molecule has 0 aliphatic heterocycles. The monoisotopic (exact) mass is 461 g/mol. The summed E-state index contributed by atoms with van der Waals surface area (Å²) in [6.45, 7) is 0.583. The number of benzene rings is 3. The van der Waals surface area contributed by atoms with Crippen LogP contribution in [0.25, 0.3) is 0 Å². The summed E-state index contributed by atoms with van der Waals surface area (Å²) in [5, 5.41) is 17.4. The number of hydrogen-bond donors (Lipinski definition) is 2. The number of carbonyl (C=O) groups is 2. The van der Waals surface area contributed by atoms with E-state index in [2.05, 4.69) is 39.6 Å². The molecular weight excluding hydrogens is 434 g/mol. The van der Waals surface area contributed by atoms with Crippen LogP contribution in [0.4, 0.5) is 11.4 Å². The molecule has 0 fully saturated rings. The van der Waals surface area contributed by atoms with Crippen LogP contribution in [-0.4, -0.2) is 37.0 Å². The second-order valence-corrected chi connectivity index (χ2v) is 7.66. The Hall–Kier alpha value is -4.20. The first kappa shape index (κ1) is 24.4. The van der Waals surface area contributed by atoms with Gasteiger partial charge in [-0.3, -0.25) is 19.7 Å². The topological polar surface area (TPSA) is 111 Å². The van der Waals surface area contributed by atoms with E-state index in [1.807, 2.05) is 36.4 Å². The molecule has 3 aromatic carbocycles. The molecule has 0 heterocycles. The lowest BCUT2D eigenvalue weighted by molar-refractivity contribution is -0.384. The van der Waals surface area contributed by atoms with Crippen molar-refractivity contribution in [2.24, 2.45) is 0 Å². The molecule has 0 aliphatic rings. The van der Waals surface area contributed by atoms with E-state index in [-0.39, 0.29) is 30.1 Å². The Kier molecular flexibility index (Phi) is 8.73. The number of amides is 1. The lowest BCUT2D eigenvalue weighted by atomic mass is 9.88. The molecule has 0 aromatic heterocycles. The van der Waals surface area contributed by atoms with Crippen LogP contribution in [0.5, 0.6) is 0 Å². The second kappa shape index (κ2) is 12.2. The van der Waals surface area contributed by atoms with Crippen LogP contribution in [0.1, 0.15) is 40.2 Å². The standard InChI is InChI=1S/C26H27N3O5/c1-34-25(30)15-17-28-26(31)21-12-13-23(24(18-21)29(32)33)27-16-14-22(19-8-4-2-5-9-19)20-10-6-3-7-11-20/h2-13,18,22,27H,14-17H2,1H3,(H,28,31). The average Bonchev–Trinajstić information content (AvgIpc) is 2.87. The summed E-state index contributed by atoms with van der Waals surface area (Å²) in [5.41, 5.74) is 2.65. The first-order valence-corrected chi connectivity index (χ1v) is 11.0. The van der Waals surface area contributed by atoms with Crippen LogP contribution in [0.3, 0.4) is 0 Å². The van der Waals surface area contributed by atoms with Gasteiger partial charge < -0.3 is 15.4 Å². The van der Waals surface area contributed by atoms with E-state index in [4.69, 9.17) is 0 Å². The third-order valence-corrected chi connectivity index (χ3v) is 5.45. The van der Waals surface area contributed by atoms with Crippen molar-refractivity contribution < 1.29 is 19.2 Å². The largest absolute Gasteiger partial charge is 0.469 e.